The van der Waals surface area contributed by atoms with Gasteiger partial charge in [-0.3, -0.25) is 19.5 Å². The van der Waals surface area contributed by atoms with Crippen LogP contribution in [0.25, 0.3) is 11.0 Å². The monoisotopic (exact) mass is 407 g/mol. The minimum Gasteiger partial charge on any atom is -0.354 e. The summed E-state index contributed by atoms with van der Waals surface area (Å²) in [6, 6.07) is 7.41. The van der Waals surface area contributed by atoms with Crippen molar-refractivity contribution in [3.8, 4) is 0 Å². The Hall–Kier alpha value is -3.33. The Morgan fingerprint density at radius 2 is 1.97 bits per heavy atom. The molecule has 4 rings (SSSR count). The van der Waals surface area contributed by atoms with Crippen LogP contribution in [0.3, 0.4) is 0 Å². The summed E-state index contributed by atoms with van der Waals surface area (Å²) in [5, 5.41) is 10.7. The van der Waals surface area contributed by atoms with Crippen molar-refractivity contribution < 1.29 is 4.79 Å². The molecule has 156 valence electrons. The first-order valence-electron chi connectivity index (χ1n) is 10.1. The molecule has 0 atom stereocenters. The molecule has 4 heterocycles. The Bertz CT molecular complexity index is 1100. The molecule has 0 aromatic carbocycles. The zero-order valence-corrected chi connectivity index (χ0v) is 17.2. The number of hydrogen-bond donors (Lipinski definition) is 2. The molecule has 3 aromatic rings. The summed E-state index contributed by atoms with van der Waals surface area (Å²) < 4.78 is 0. The van der Waals surface area contributed by atoms with Crippen LogP contribution in [0.2, 0.25) is 0 Å². The van der Waals surface area contributed by atoms with E-state index in [-0.39, 0.29) is 11.5 Å². The van der Waals surface area contributed by atoms with E-state index in [9.17, 15) is 9.59 Å². The second-order valence-electron chi connectivity index (χ2n) is 7.37. The van der Waals surface area contributed by atoms with Gasteiger partial charge in [0.2, 0.25) is 0 Å². The predicted octanol–water partition coefficient (Wildman–Crippen LogP) is 0.957. The average molecular weight is 407 g/mol. The minimum atomic E-state index is -0.241. The lowest BCUT2D eigenvalue weighted by atomic mass is 10.1. The van der Waals surface area contributed by atoms with E-state index >= 15 is 0 Å². The number of aromatic nitrogens is 4. The Morgan fingerprint density at radius 1 is 1.17 bits per heavy atom. The van der Waals surface area contributed by atoms with Crippen molar-refractivity contribution >= 4 is 22.8 Å². The van der Waals surface area contributed by atoms with E-state index in [2.05, 4.69) is 35.3 Å². The maximum atomic E-state index is 12.1. The van der Waals surface area contributed by atoms with Gasteiger partial charge in [0.1, 0.15) is 0 Å². The molecule has 0 spiro atoms. The summed E-state index contributed by atoms with van der Waals surface area (Å²) >= 11 is 0. The molecule has 1 fully saturated rings. The molecular weight excluding hydrogens is 382 g/mol. The van der Waals surface area contributed by atoms with E-state index in [1.165, 1.54) is 0 Å². The van der Waals surface area contributed by atoms with E-state index in [0.29, 0.717) is 12.1 Å². The van der Waals surface area contributed by atoms with Gasteiger partial charge in [0, 0.05) is 51.5 Å². The molecule has 0 aliphatic carbocycles. The van der Waals surface area contributed by atoms with Crippen molar-refractivity contribution in [3.63, 3.8) is 0 Å². The highest BCUT2D eigenvalue weighted by Crippen LogP contribution is 2.16. The average Bonchev–Trinajstić information content (AvgIpc) is 2.78. The number of rotatable bonds is 5. The van der Waals surface area contributed by atoms with Crippen LogP contribution in [0.15, 0.2) is 35.3 Å². The summed E-state index contributed by atoms with van der Waals surface area (Å²) in [6.45, 7) is 6.14. The van der Waals surface area contributed by atoms with Gasteiger partial charge in [0.15, 0.2) is 11.5 Å². The topological polar surface area (TPSA) is 107 Å². The van der Waals surface area contributed by atoms with Crippen LogP contribution in [-0.2, 0) is 13.0 Å². The summed E-state index contributed by atoms with van der Waals surface area (Å²) in [5.74, 6) is 0.536. The van der Waals surface area contributed by atoms with Gasteiger partial charge in [-0.25, -0.2) is 0 Å². The number of fused-ring (bicyclic) bond motifs is 1. The first-order chi connectivity index (χ1) is 14.6. The Labute approximate surface area is 174 Å². The number of nitrogens with zero attached hydrogens (tertiary/aromatic N) is 5. The molecule has 0 unspecified atom stereocenters. The highest BCUT2D eigenvalue weighted by molar-refractivity contribution is 5.91. The molecular formula is C21H25N7O2. The lowest BCUT2D eigenvalue weighted by Gasteiger charge is -2.35. The maximum Gasteiger partial charge on any atom is 0.271 e. The number of carbonyl (C=O) groups is 1. The van der Waals surface area contributed by atoms with Crippen LogP contribution in [0, 0.1) is 0 Å². The fraction of sp³-hybridized carbons (Fsp3) is 0.381. The number of nitrogens with one attached hydrogen (secondary N) is 2. The largest absolute Gasteiger partial charge is 0.354 e. The van der Waals surface area contributed by atoms with E-state index in [1.54, 1.807) is 13.1 Å². The summed E-state index contributed by atoms with van der Waals surface area (Å²) in [7, 11) is 1.57. The van der Waals surface area contributed by atoms with Gasteiger partial charge < -0.3 is 15.2 Å². The minimum absolute atomic E-state index is 0.0406. The lowest BCUT2D eigenvalue weighted by molar-refractivity contribution is 0.0957. The van der Waals surface area contributed by atoms with E-state index in [1.807, 2.05) is 31.3 Å². The second-order valence-corrected chi connectivity index (χ2v) is 7.37. The van der Waals surface area contributed by atoms with Crippen molar-refractivity contribution in [2.45, 2.75) is 19.9 Å². The highest BCUT2D eigenvalue weighted by atomic mass is 16.1. The smallest absolute Gasteiger partial charge is 0.271 e. The molecule has 1 aliphatic heterocycles. The summed E-state index contributed by atoms with van der Waals surface area (Å²) in [5.41, 5.74) is 3.70. The van der Waals surface area contributed by atoms with Crippen LogP contribution in [-0.4, -0.2) is 64.2 Å². The summed E-state index contributed by atoms with van der Waals surface area (Å²) in [4.78, 5) is 35.7. The maximum absolute atomic E-state index is 12.1. The van der Waals surface area contributed by atoms with Gasteiger partial charge >= 0.3 is 0 Å². The first-order valence-corrected chi connectivity index (χ1v) is 10.1. The Morgan fingerprint density at radius 3 is 2.63 bits per heavy atom. The fourth-order valence-corrected chi connectivity index (χ4v) is 3.65. The molecule has 2 N–H and O–H groups in total. The first kappa shape index (κ1) is 20.0. The molecule has 0 radical (unpaired) electrons. The van der Waals surface area contributed by atoms with Gasteiger partial charge in [-0.1, -0.05) is 6.92 Å². The van der Waals surface area contributed by atoms with E-state index in [0.717, 1.165) is 60.7 Å². The van der Waals surface area contributed by atoms with Crippen molar-refractivity contribution in [2.75, 3.05) is 38.1 Å². The van der Waals surface area contributed by atoms with Gasteiger partial charge in [-0.15, -0.1) is 10.2 Å². The quantitative estimate of drug-likeness (QED) is 0.649. The summed E-state index contributed by atoms with van der Waals surface area (Å²) in [6.07, 6.45) is 2.58. The number of aromatic amines is 1. The molecule has 0 saturated carbocycles. The molecule has 1 saturated heterocycles. The number of pyridine rings is 2. The normalized spacial score (nSPS) is 14.8. The molecule has 30 heavy (non-hydrogen) atoms. The van der Waals surface area contributed by atoms with E-state index in [4.69, 9.17) is 0 Å². The molecule has 1 aliphatic rings. The number of H-pyrrole nitrogens is 1. The zero-order valence-electron chi connectivity index (χ0n) is 17.2. The van der Waals surface area contributed by atoms with E-state index < -0.39 is 0 Å². The third-order valence-electron chi connectivity index (χ3n) is 5.42. The third kappa shape index (κ3) is 4.16. The molecule has 9 nitrogen and oxygen atoms in total. The molecule has 1 amide bonds. The molecule has 3 aromatic heterocycles. The number of piperazine rings is 1. The number of carbonyl (C=O) groups excluding carboxylic acids is 1. The van der Waals surface area contributed by atoms with Crippen molar-refractivity contribution in [2.24, 2.45) is 0 Å². The molecule has 9 heteroatoms. The van der Waals surface area contributed by atoms with Gasteiger partial charge in [0.05, 0.1) is 11.0 Å². The zero-order chi connectivity index (χ0) is 21.1. The lowest BCUT2D eigenvalue weighted by Crippen LogP contribution is -2.46. The van der Waals surface area contributed by atoms with Crippen molar-refractivity contribution in [1.82, 2.24) is 30.4 Å². The van der Waals surface area contributed by atoms with Crippen molar-refractivity contribution in [1.29, 1.82) is 0 Å². The van der Waals surface area contributed by atoms with Crippen LogP contribution < -0.4 is 15.8 Å². The predicted molar refractivity (Wildman–Crippen MR) is 115 cm³/mol. The Balaban J connectivity index is 1.38. The Kier molecular flexibility index (Phi) is 5.71. The van der Waals surface area contributed by atoms with Gasteiger partial charge in [-0.05, 0) is 36.2 Å². The van der Waals surface area contributed by atoms with Gasteiger partial charge in [0.25, 0.3) is 11.5 Å². The number of amides is 1. The number of hydrogen-bond acceptors (Lipinski definition) is 7. The van der Waals surface area contributed by atoms with Crippen LogP contribution in [0.5, 0.6) is 0 Å². The van der Waals surface area contributed by atoms with Crippen LogP contribution in [0.1, 0.15) is 28.5 Å². The third-order valence-corrected chi connectivity index (χ3v) is 5.42. The van der Waals surface area contributed by atoms with Crippen molar-refractivity contribution in [3.05, 3.63) is 57.6 Å². The fourth-order valence-electron chi connectivity index (χ4n) is 3.65. The van der Waals surface area contributed by atoms with Crippen LogP contribution in [0.4, 0.5) is 5.82 Å². The second kappa shape index (κ2) is 8.58. The number of aryl methyl sites for hydroxylation is 1. The van der Waals surface area contributed by atoms with Gasteiger partial charge in [-0.2, -0.15) is 0 Å². The number of anilines is 1. The standard InChI is InChI=1S/C21H25N7O2/c1-3-15-11-17-18(24-20(15)29)10-14(12-23-17)13-27-6-8-28(9-7-27)19-5-4-16(25-26-19)21(30)22-2/h4-5,10-12H,3,6-9,13H2,1-2H3,(H,22,30)(H,24,29). The highest BCUT2D eigenvalue weighted by Gasteiger charge is 2.19. The van der Waals surface area contributed by atoms with Crippen LogP contribution >= 0.6 is 0 Å². The molecule has 0 bridgehead atoms. The SMILES string of the molecule is CCc1cc2ncc(CN3CCN(c4ccc(C(=O)NC)nn4)CC3)cc2[nH]c1=O.